The van der Waals surface area contributed by atoms with Crippen LogP contribution in [0.1, 0.15) is 47.0 Å². The van der Waals surface area contributed by atoms with E-state index in [4.69, 9.17) is 14.2 Å². The molecule has 22 heavy (non-hydrogen) atoms. The smallest absolute Gasteiger partial charge is 0.407 e. The number of nitrogens with one attached hydrogen (secondary N) is 2. The molecule has 1 saturated carbocycles. The van der Waals surface area contributed by atoms with Gasteiger partial charge >= 0.3 is 6.09 Å². The lowest BCUT2D eigenvalue weighted by molar-refractivity contribution is -0.121. The van der Waals surface area contributed by atoms with Crippen LogP contribution >= 0.6 is 0 Å². The number of hydrogen-bond acceptors (Lipinski definition) is 5. The molecule has 0 radical (unpaired) electrons. The molecule has 0 spiro atoms. The summed E-state index contributed by atoms with van der Waals surface area (Å²) in [6.45, 7) is 8.27. The van der Waals surface area contributed by atoms with Crippen LogP contribution in [0.3, 0.4) is 0 Å². The van der Waals surface area contributed by atoms with Gasteiger partial charge in [0.2, 0.25) is 0 Å². The quantitative estimate of drug-likeness (QED) is 0.705. The maximum Gasteiger partial charge on any atom is 0.407 e. The van der Waals surface area contributed by atoms with E-state index in [2.05, 4.69) is 10.6 Å². The number of carbonyl (C=O) groups is 1. The zero-order valence-corrected chi connectivity index (χ0v) is 14.8. The Labute approximate surface area is 134 Å². The van der Waals surface area contributed by atoms with Gasteiger partial charge in [-0.05, 0) is 46.5 Å². The molecule has 0 aromatic heterocycles. The second-order valence-corrected chi connectivity index (χ2v) is 6.98. The molecule has 0 aliphatic heterocycles. The van der Waals surface area contributed by atoms with E-state index in [1.54, 1.807) is 14.2 Å². The monoisotopic (exact) mass is 316 g/mol. The third-order valence-corrected chi connectivity index (χ3v) is 3.92. The van der Waals surface area contributed by atoms with Crippen LogP contribution in [0.2, 0.25) is 0 Å². The van der Waals surface area contributed by atoms with Crippen molar-refractivity contribution in [3.63, 3.8) is 0 Å². The van der Waals surface area contributed by atoms with Gasteiger partial charge in [-0.3, -0.25) is 0 Å². The zero-order chi connectivity index (χ0) is 16.8. The van der Waals surface area contributed by atoms with E-state index in [0.29, 0.717) is 18.5 Å². The first-order chi connectivity index (χ1) is 10.3. The molecule has 0 heterocycles. The first-order valence-corrected chi connectivity index (χ1v) is 8.05. The lowest BCUT2D eigenvalue weighted by atomic mass is 10.0. The first-order valence-electron chi connectivity index (χ1n) is 8.05. The minimum Gasteiger partial charge on any atom is -0.444 e. The molecule has 2 N–H and O–H groups in total. The van der Waals surface area contributed by atoms with E-state index in [9.17, 15) is 4.79 Å². The fourth-order valence-electron chi connectivity index (χ4n) is 2.95. The summed E-state index contributed by atoms with van der Waals surface area (Å²) < 4.78 is 15.8. The summed E-state index contributed by atoms with van der Waals surface area (Å²) in [5, 5.41) is 6.44. The Morgan fingerprint density at radius 1 is 1.23 bits per heavy atom. The largest absolute Gasteiger partial charge is 0.444 e. The third-order valence-electron chi connectivity index (χ3n) is 3.92. The van der Waals surface area contributed by atoms with Crippen molar-refractivity contribution in [2.24, 2.45) is 5.92 Å². The second kappa shape index (κ2) is 8.70. The molecular formula is C16H32N2O4. The fraction of sp³-hybridized carbons (Fsp3) is 0.938. The third kappa shape index (κ3) is 6.50. The van der Waals surface area contributed by atoms with Gasteiger partial charge in [0, 0.05) is 26.8 Å². The second-order valence-electron chi connectivity index (χ2n) is 6.98. The molecule has 1 aliphatic rings. The highest BCUT2D eigenvalue weighted by molar-refractivity contribution is 5.67. The molecule has 0 bridgehead atoms. The van der Waals surface area contributed by atoms with Crippen LogP contribution < -0.4 is 10.6 Å². The van der Waals surface area contributed by atoms with Crippen molar-refractivity contribution in [3.8, 4) is 0 Å². The number of rotatable bonds is 7. The average molecular weight is 316 g/mol. The van der Waals surface area contributed by atoms with Crippen LogP contribution in [-0.2, 0) is 14.2 Å². The summed E-state index contributed by atoms with van der Waals surface area (Å²) in [5.74, 6) is 0.407. The van der Waals surface area contributed by atoms with Crippen LogP contribution in [0.25, 0.3) is 0 Å². The van der Waals surface area contributed by atoms with Gasteiger partial charge in [-0.2, -0.15) is 0 Å². The fourth-order valence-corrected chi connectivity index (χ4v) is 2.95. The highest BCUT2D eigenvalue weighted by Crippen LogP contribution is 2.26. The van der Waals surface area contributed by atoms with Gasteiger partial charge in [0.05, 0.1) is 6.04 Å². The Morgan fingerprint density at radius 3 is 2.41 bits per heavy atom. The minimum absolute atomic E-state index is 0.0992. The Kier molecular flexibility index (Phi) is 7.59. The number of methoxy groups -OCH3 is 2. The van der Waals surface area contributed by atoms with Crippen molar-refractivity contribution in [2.45, 2.75) is 70.9 Å². The summed E-state index contributed by atoms with van der Waals surface area (Å²) in [7, 11) is 3.28. The molecule has 1 amide bonds. The Hall–Kier alpha value is -0.850. The number of hydrogen-bond donors (Lipinski definition) is 2. The standard InChI is InChI=1S/C16H32N2O4/c1-11(14(20-5)21-6)18-13-9-7-8-12(13)10-17-15(19)22-16(2,3)4/h11-14,18H,7-10H2,1-6H3,(H,17,19). The molecule has 0 saturated heterocycles. The van der Waals surface area contributed by atoms with E-state index >= 15 is 0 Å². The molecule has 1 fully saturated rings. The van der Waals surface area contributed by atoms with E-state index < -0.39 is 5.60 Å². The predicted molar refractivity (Wildman–Crippen MR) is 85.8 cm³/mol. The van der Waals surface area contributed by atoms with E-state index in [1.165, 1.54) is 0 Å². The topological polar surface area (TPSA) is 68.8 Å². The lowest BCUT2D eigenvalue weighted by Crippen LogP contribution is -2.48. The van der Waals surface area contributed by atoms with Crippen molar-refractivity contribution in [3.05, 3.63) is 0 Å². The minimum atomic E-state index is -0.462. The van der Waals surface area contributed by atoms with E-state index in [1.807, 2.05) is 27.7 Å². The van der Waals surface area contributed by atoms with E-state index in [0.717, 1.165) is 19.3 Å². The molecule has 6 nitrogen and oxygen atoms in total. The highest BCUT2D eigenvalue weighted by Gasteiger charge is 2.30. The van der Waals surface area contributed by atoms with Crippen LogP contribution in [-0.4, -0.2) is 50.8 Å². The van der Waals surface area contributed by atoms with Gasteiger partial charge in [0.1, 0.15) is 5.60 Å². The molecule has 0 aromatic carbocycles. The van der Waals surface area contributed by atoms with Crippen molar-refractivity contribution in [1.29, 1.82) is 0 Å². The van der Waals surface area contributed by atoms with Crippen molar-refractivity contribution in [1.82, 2.24) is 10.6 Å². The Morgan fingerprint density at radius 2 is 1.86 bits per heavy atom. The summed E-state index contributed by atoms with van der Waals surface area (Å²) >= 11 is 0. The Bertz CT molecular complexity index is 340. The normalized spacial score (nSPS) is 23.6. The molecule has 1 aliphatic carbocycles. The summed E-state index contributed by atoms with van der Waals surface area (Å²) in [6.07, 6.45) is 2.75. The molecule has 3 atom stereocenters. The van der Waals surface area contributed by atoms with Gasteiger partial charge in [-0.25, -0.2) is 4.79 Å². The number of ether oxygens (including phenoxy) is 3. The summed E-state index contributed by atoms with van der Waals surface area (Å²) in [5.41, 5.74) is -0.462. The average Bonchev–Trinajstić information content (AvgIpc) is 2.83. The Balaban J connectivity index is 2.41. The molecule has 6 heteroatoms. The lowest BCUT2D eigenvalue weighted by Gasteiger charge is -2.29. The molecule has 130 valence electrons. The first kappa shape index (κ1) is 19.2. The SMILES string of the molecule is COC(OC)C(C)NC1CCCC1CNC(=O)OC(C)(C)C. The summed E-state index contributed by atoms with van der Waals surface area (Å²) in [4.78, 5) is 11.8. The number of alkyl carbamates (subject to hydrolysis) is 1. The predicted octanol–water partition coefficient (Wildman–Crippen LogP) is 2.28. The summed E-state index contributed by atoms with van der Waals surface area (Å²) in [6, 6.07) is 0.458. The van der Waals surface area contributed by atoms with Crippen LogP contribution in [0.5, 0.6) is 0 Å². The molecule has 1 rings (SSSR count). The number of carbonyl (C=O) groups excluding carboxylic acids is 1. The zero-order valence-electron chi connectivity index (χ0n) is 14.8. The maximum atomic E-state index is 11.8. The molecule has 0 aromatic rings. The van der Waals surface area contributed by atoms with Crippen LogP contribution in [0.15, 0.2) is 0 Å². The number of amides is 1. The van der Waals surface area contributed by atoms with Crippen molar-refractivity contribution < 1.29 is 19.0 Å². The maximum absolute atomic E-state index is 11.8. The van der Waals surface area contributed by atoms with Crippen molar-refractivity contribution >= 4 is 6.09 Å². The van der Waals surface area contributed by atoms with Crippen LogP contribution in [0, 0.1) is 5.92 Å². The van der Waals surface area contributed by atoms with Gasteiger partial charge in [-0.15, -0.1) is 0 Å². The van der Waals surface area contributed by atoms with E-state index in [-0.39, 0.29) is 18.4 Å². The van der Waals surface area contributed by atoms with Crippen molar-refractivity contribution in [2.75, 3.05) is 20.8 Å². The van der Waals surface area contributed by atoms with Gasteiger partial charge in [0.25, 0.3) is 0 Å². The van der Waals surface area contributed by atoms with Gasteiger partial charge in [-0.1, -0.05) is 6.42 Å². The molecule has 3 unspecified atom stereocenters. The van der Waals surface area contributed by atoms with Crippen LogP contribution in [0.4, 0.5) is 4.79 Å². The highest BCUT2D eigenvalue weighted by atomic mass is 16.7. The van der Waals surface area contributed by atoms with Gasteiger partial charge < -0.3 is 24.8 Å². The van der Waals surface area contributed by atoms with Gasteiger partial charge in [0.15, 0.2) is 6.29 Å². The molecular weight excluding hydrogens is 284 g/mol.